The molecule has 0 spiro atoms. The van der Waals surface area contributed by atoms with Crippen molar-refractivity contribution in [3.05, 3.63) is 65.5 Å². The van der Waals surface area contributed by atoms with Crippen LogP contribution in [-0.2, 0) is 12.7 Å². The summed E-state index contributed by atoms with van der Waals surface area (Å²) in [6.07, 6.45) is 0.0460. The van der Waals surface area contributed by atoms with Crippen LogP contribution in [-0.4, -0.2) is 43.7 Å². The number of carbonyl (C=O) groups is 1. The Morgan fingerprint density at radius 2 is 1.90 bits per heavy atom. The van der Waals surface area contributed by atoms with E-state index in [4.69, 9.17) is 4.74 Å². The van der Waals surface area contributed by atoms with Crippen molar-refractivity contribution in [2.75, 3.05) is 18.5 Å². The first kappa shape index (κ1) is 26.5. The summed E-state index contributed by atoms with van der Waals surface area (Å²) in [4.78, 5) is 25.0. The number of carboxylic acid groups (broad SMARTS) is 1. The van der Waals surface area contributed by atoms with E-state index in [1.54, 1.807) is 4.57 Å². The number of fused-ring (bicyclic) bond motifs is 1. The molecule has 8 nitrogen and oxygen atoms in total. The Labute approximate surface area is 222 Å². The van der Waals surface area contributed by atoms with Crippen LogP contribution in [0.2, 0.25) is 0 Å². The van der Waals surface area contributed by atoms with Gasteiger partial charge in [-0.1, -0.05) is 43.5 Å². The van der Waals surface area contributed by atoms with Crippen molar-refractivity contribution in [1.29, 1.82) is 0 Å². The second kappa shape index (κ2) is 10.9. The van der Waals surface area contributed by atoms with Gasteiger partial charge in [0, 0.05) is 18.7 Å². The lowest BCUT2D eigenvalue weighted by Crippen LogP contribution is -2.17. The summed E-state index contributed by atoms with van der Waals surface area (Å²) in [7, 11) is 0. The molecule has 1 aliphatic carbocycles. The van der Waals surface area contributed by atoms with Crippen LogP contribution in [0.15, 0.2) is 48.5 Å². The molecule has 2 aromatic heterocycles. The first-order valence-corrected chi connectivity index (χ1v) is 12.9. The molecule has 4 aromatic rings. The molecule has 204 valence electrons. The van der Waals surface area contributed by atoms with E-state index >= 15 is 0 Å². The molecular formula is C28H28F3N5O3. The van der Waals surface area contributed by atoms with E-state index in [0.29, 0.717) is 53.1 Å². The lowest BCUT2D eigenvalue weighted by atomic mass is 9.83. The minimum absolute atomic E-state index is 0.163. The first-order valence-electron chi connectivity index (χ1n) is 12.9. The smallest absolute Gasteiger partial charge is 0.416 e. The molecule has 0 amide bonds. The van der Waals surface area contributed by atoms with E-state index in [0.717, 1.165) is 18.6 Å². The summed E-state index contributed by atoms with van der Waals surface area (Å²) in [5.41, 5.74) is 1.21. The zero-order valence-corrected chi connectivity index (χ0v) is 21.3. The van der Waals surface area contributed by atoms with Gasteiger partial charge in [0.05, 0.1) is 12.2 Å². The van der Waals surface area contributed by atoms with Gasteiger partial charge >= 0.3 is 12.1 Å². The number of nitrogens with one attached hydrogen (secondary N) is 1. The Bertz CT molecular complexity index is 1480. The van der Waals surface area contributed by atoms with Crippen LogP contribution in [0.3, 0.4) is 0 Å². The van der Waals surface area contributed by atoms with Gasteiger partial charge in [-0.3, -0.25) is 0 Å². The number of aromatic nitrogens is 4. The lowest BCUT2D eigenvalue weighted by Gasteiger charge is -2.25. The second-order valence-electron chi connectivity index (χ2n) is 9.56. The van der Waals surface area contributed by atoms with E-state index < -0.39 is 17.7 Å². The number of hydrogen-bond acceptors (Lipinski definition) is 6. The Balaban J connectivity index is 1.63. The van der Waals surface area contributed by atoms with E-state index in [9.17, 15) is 23.1 Å². The maximum atomic E-state index is 13.2. The lowest BCUT2D eigenvalue weighted by molar-refractivity contribution is -0.137. The molecule has 0 atom stereocenters. The van der Waals surface area contributed by atoms with Gasteiger partial charge in [-0.25, -0.2) is 19.7 Å². The van der Waals surface area contributed by atoms with Crippen molar-refractivity contribution >= 4 is 23.0 Å². The number of benzene rings is 2. The number of carboxylic acids is 1. The van der Waals surface area contributed by atoms with Gasteiger partial charge in [-0.2, -0.15) is 13.2 Å². The summed E-state index contributed by atoms with van der Waals surface area (Å²) >= 11 is 0. The van der Waals surface area contributed by atoms with Gasteiger partial charge in [0.15, 0.2) is 11.5 Å². The largest absolute Gasteiger partial charge is 0.494 e. The number of halogens is 3. The number of rotatable bonds is 10. The maximum Gasteiger partial charge on any atom is 0.416 e. The van der Waals surface area contributed by atoms with Crippen molar-refractivity contribution in [1.82, 2.24) is 19.5 Å². The number of alkyl halides is 3. The fraction of sp³-hybridized carbons (Fsp3) is 0.357. The highest BCUT2D eigenvalue weighted by Gasteiger charge is 2.30. The van der Waals surface area contributed by atoms with Crippen LogP contribution in [0, 0.1) is 5.92 Å². The molecule has 2 N–H and O–H groups in total. The number of ether oxygens (including phenoxy) is 1. The van der Waals surface area contributed by atoms with Gasteiger partial charge in [0.2, 0.25) is 5.82 Å². The Kier molecular flexibility index (Phi) is 7.40. The van der Waals surface area contributed by atoms with Crippen molar-refractivity contribution < 1.29 is 27.8 Å². The van der Waals surface area contributed by atoms with Gasteiger partial charge in [0.1, 0.15) is 17.1 Å². The molecule has 0 unspecified atom stereocenters. The van der Waals surface area contributed by atoms with Crippen molar-refractivity contribution in [3.8, 4) is 17.1 Å². The molecule has 11 heteroatoms. The molecule has 5 rings (SSSR count). The molecule has 0 saturated heterocycles. The van der Waals surface area contributed by atoms with Gasteiger partial charge < -0.3 is 19.7 Å². The molecule has 2 aromatic carbocycles. The van der Waals surface area contributed by atoms with Crippen LogP contribution in [0.4, 0.5) is 19.0 Å². The van der Waals surface area contributed by atoms with Crippen molar-refractivity contribution in [3.63, 3.8) is 0 Å². The summed E-state index contributed by atoms with van der Waals surface area (Å²) in [5.74, 6) is 0.370. The third-order valence-electron chi connectivity index (χ3n) is 6.89. The fourth-order valence-corrected chi connectivity index (χ4v) is 4.68. The molecule has 1 fully saturated rings. The normalized spacial score (nSPS) is 13.8. The zero-order valence-electron chi connectivity index (χ0n) is 21.3. The molecule has 1 aliphatic rings. The van der Waals surface area contributed by atoms with E-state index in [2.05, 4.69) is 20.3 Å². The number of aromatic carboxylic acids is 1. The Hall–Kier alpha value is -4.15. The summed E-state index contributed by atoms with van der Waals surface area (Å²) in [6.45, 7) is 3.09. The van der Waals surface area contributed by atoms with Gasteiger partial charge in [-0.05, 0) is 49.1 Å². The highest BCUT2D eigenvalue weighted by molar-refractivity contribution is 5.92. The van der Waals surface area contributed by atoms with Crippen LogP contribution in [0.25, 0.3) is 22.6 Å². The molecule has 39 heavy (non-hydrogen) atoms. The average Bonchev–Trinajstić information content (AvgIpc) is 3.24. The molecule has 1 saturated carbocycles. The predicted molar refractivity (Wildman–Crippen MR) is 140 cm³/mol. The van der Waals surface area contributed by atoms with E-state index in [1.165, 1.54) is 31.4 Å². The maximum absolute atomic E-state index is 13.2. The van der Waals surface area contributed by atoms with Crippen LogP contribution in [0.1, 0.15) is 54.4 Å². The highest BCUT2D eigenvalue weighted by atomic mass is 19.4. The third-order valence-corrected chi connectivity index (χ3v) is 6.89. The quantitative estimate of drug-likeness (QED) is 0.245. The summed E-state index contributed by atoms with van der Waals surface area (Å²) < 4.78 is 46.9. The summed E-state index contributed by atoms with van der Waals surface area (Å²) in [5, 5.41) is 12.9. The molecule has 0 radical (unpaired) electrons. The summed E-state index contributed by atoms with van der Waals surface area (Å²) in [6, 6.07) is 12.2. The molecule has 0 aliphatic heterocycles. The zero-order chi connectivity index (χ0) is 27.6. The van der Waals surface area contributed by atoms with Crippen LogP contribution < -0.4 is 10.1 Å². The van der Waals surface area contributed by atoms with Gasteiger partial charge in [-0.15, -0.1) is 0 Å². The first-order chi connectivity index (χ1) is 18.7. The Morgan fingerprint density at radius 3 is 2.54 bits per heavy atom. The molecular weight excluding hydrogens is 511 g/mol. The molecule has 0 bridgehead atoms. The van der Waals surface area contributed by atoms with E-state index in [-0.39, 0.29) is 18.0 Å². The predicted octanol–water partition coefficient (Wildman–Crippen LogP) is 6.26. The third kappa shape index (κ3) is 5.81. The SMILES string of the molecule is CCOc1cccc(-c2nc3nc(C(=O)O)nc(NCCC4CCC4)c3n2Cc2ccc(C(F)(F)F)cc2)c1. The van der Waals surface area contributed by atoms with Gasteiger partial charge in [0.25, 0.3) is 0 Å². The number of nitrogens with zero attached hydrogens (tertiary/aromatic N) is 4. The minimum atomic E-state index is -4.44. The van der Waals surface area contributed by atoms with Crippen LogP contribution >= 0.6 is 0 Å². The van der Waals surface area contributed by atoms with Crippen LogP contribution in [0.5, 0.6) is 5.75 Å². The van der Waals surface area contributed by atoms with Crippen molar-refractivity contribution in [2.24, 2.45) is 5.92 Å². The topological polar surface area (TPSA) is 102 Å². The number of anilines is 1. The number of imidazole rings is 1. The highest BCUT2D eigenvalue weighted by Crippen LogP contribution is 2.33. The molecule has 2 heterocycles. The van der Waals surface area contributed by atoms with E-state index in [1.807, 2.05) is 31.2 Å². The number of hydrogen-bond donors (Lipinski definition) is 2. The fourth-order valence-electron chi connectivity index (χ4n) is 4.68. The average molecular weight is 540 g/mol. The standard InChI is InChI=1S/C28H28F3N5O3/c1-2-39-21-8-4-7-19(15-21)26-35-24-22(36(26)16-18-9-11-20(12-10-18)28(29,30)31)23(33-25(34-24)27(37)38)32-14-13-17-5-3-6-17/h4,7-12,15,17H,2-3,5-6,13-14,16H2,1H3,(H,37,38)(H,32,33,34). The second-order valence-corrected chi connectivity index (χ2v) is 9.56. The van der Waals surface area contributed by atoms with Crippen molar-refractivity contribution in [2.45, 2.75) is 45.3 Å². The monoisotopic (exact) mass is 539 g/mol. The Morgan fingerprint density at radius 1 is 1.13 bits per heavy atom. The minimum Gasteiger partial charge on any atom is -0.494 e.